The standard InChI is InChI=1S/C18H20BrClN2O2/c1-3-15(12-4-6-13(19)7-5-12)21-11-18(23)22-16-10-14(20)8-9-17(16)24-2/h4-10,15,21H,3,11H2,1-2H3,(H,22,23)/p+1/t15-/m1/s1. The average molecular weight is 413 g/mol. The van der Waals surface area contributed by atoms with Crippen molar-refractivity contribution in [2.75, 3.05) is 19.0 Å². The van der Waals surface area contributed by atoms with Crippen molar-refractivity contribution in [1.82, 2.24) is 0 Å². The van der Waals surface area contributed by atoms with Gasteiger partial charge in [-0.05, 0) is 30.3 Å². The molecule has 2 rings (SSSR count). The Labute approximate surface area is 155 Å². The maximum absolute atomic E-state index is 12.2. The summed E-state index contributed by atoms with van der Waals surface area (Å²) < 4.78 is 6.29. The molecule has 6 heteroatoms. The van der Waals surface area contributed by atoms with Crippen LogP contribution in [0.5, 0.6) is 5.75 Å². The molecule has 0 bridgehead atoms. The molecule has 1 atom stereocenters. The molecule has 0 aromatic heterocycles. The van der Waals surface area contributed by atoms with Crippen LogP contribution < -0.4 is 15.4 Å². The van der Waals surface area contributed by atoms with Gasteiger partial charge in [0.15, 0.2) is 6.54 Å². The van der Waals surface area contributed by atoms with Crippen LogP contribution in [0.4, 0.5) is 5.69 Å². The number of hydrogen-bond donors (Lipinski definition) is 2. The number of nitrogens with one attached hydrogen (secondary N) is 1. The number of hydrogen-bond acceptors (Lipinski definition) is 2. The van der Waals surface area contributed by atoms with Crippen LogP contribution in [0.2, 0.25) is 5.02 Å². The van der Waals surface area contributed by atoms with Gasteiger partial charge in [0.2, 0.25) is 0 Å². The highest BCUT2D eigenvalue weighted by atomic mass is 79.9. The Kier molecular flexibility index (Phi) is 7.09. The second-order valence-electron chi connectivity index (χ2n) is 5.40. The number of anilines is 1. The summed E-state index contributed by atoms with van der Waals surface area (Å²) >= 11 is 9.42. The zero-order valence-corrected chi connectivity index (χ0v) is 16.0. The van der Waals surface area contributed by atoms with E-state index in [9.17, 15) is 4.79 Å². The number of rotatable bonds is 7. The molecule has 0 aliphatic rings. The molecule has 0 heterocycles. The third-order valence-electron chi connectivity index (χ3n) is 3.76. The Morgan fingerprint density at radius 1 is 1.29 bits per heavy atom. The average Bonchev–Trinajstić information content (AvgIpc) is 2.57. The predicted molar refractivity (Wildman–Crippen MR) is 101 cm³/mol. The first-order valence-corrected chi connectivity index (χ1v) is 8.92. The summed E-state index contributed by atoms with van der Waals surface area (Å²) in [5, 5.41) is 5.44. The van der Waals surface area contributed by atoms with Gasteiger partial charge in [-0.3, -0.25) is 4.79 Å². The zero-order chi connectivity index (χ0) is 17.5. The lowest BCUT2D eigenvalue weighted by Gasteiger charge is -2.15. The SMILES string of the molecule is CC[C@@H]([NH2+]CC(=O)Nc1cc(Cl)ccc1OC)c1ccc(Br)cc1. The van der Waals surface area contributed by atoms with Gasteiger partial charge in [-0.15, -0.1) is 0 Å². The fourth-order valence-corrected chi connectivity index (χ4v) is 2.91. The van der Waals surface area contributed by atoms with E-state index in [0.29, 0.717) is 23.0 Å². The highest BCUT2D eigenvalue weighted by molar-refractivity contribution is 9.10. The van der Waals surface area contributed by atoms with Crippen molar-refractivity contribution in [3.8, 4) is 5.75 Å². The molecule has 0 saturated heterocycles. The fourth-order valence-electron chi connectivity index (χ4n) is 2.48. The summed E-state index contributed by atoms with van der Waals surface area (Å²) in [7, 11) is 1.56. The lowest BCUT2D eigenvalue weighted by Crippen LogP contribution is -2.87. The number of carbonyl (C=O) groups excluding carboxylic acids is 1. The molecular formula is C18H21BrClN2O2+. The number of benzene rings is 2. The summed E-state index contributed by atoms with van der Waals surface area (Å²) in [6, 6.07) is 13.6. The molecule has 2 aromatic carbocycles. The molecule has 4 nitrogen and oxygen atoms in total. The zero-order valence-electron chi connectivity index (χ0n) is 13.7. The smallest absolute Gasteiger partial charge is 0.279 e. The second kappa shape index (κ2) is 9.06. The van der Waals surface area contributed by atoms with Crippen LogP contribution in [-0.2, 0) is 4.79 Å². The van der Waals surface area contributed by atoms with Crippen LogP contribution in [0.1, 0.15) is 24.9 Å². The Balaban J connectivity index is 1.97. The van der Waals surface area contributed by atoms with Gasteiger partial charge in [0.25, 0.3) is 5.91 Å². The predicted octanol–water partition coefficient (Wildman–Crippen LogP) is 3.76. The third kappa shape index (κ3) is 5.23. The molecule has 0 fully saturated rings. The van der Waals surface area contributed by atoms with Gasteiger partial charge in [-0.1, -0.05) is 46.6 Å². The monoisotopic (exact) mass is 411 g/mol. The molecule has 0 spiro atoms. The Morgan fingerprint density at radius 2 is 2.00 bits per heavy atom. The van der Waals surface area contributed by atoms with Crippen LogP contribution in [0.15, 0.2) is 46.9 Å². The third-order valence-corrected chi connectivity index (χ3v) is 4.53. The Bertz CT molecular complexity index is 692. The molecule has 0 aliphatic heterocycles. The summed E-state index contributed by atoms with van der Waals surface area (Å²) in [6.45, 7) is 2.44. The van der Waals surface area contributed by atoms with Crippen molar-refractivity contribution in [3.63, 3.8) is 0 Å². The molecular weight excluding hydrogens is 392 g/mol. The van der Waals surface area contributed by atoms with E-state index in [0.717, 1.165) is 10.9 Å². The number of nitrogens with two attached hydrogens (primary N) is 1. The van der Waals surface area contributed by atoms with Gasteiger partial charge in [0.05, 0.1) is 12.8 Å². The first-order chi connectivity index (χ1) is 11.5. The largest absolute Gasteiger partial charge is 0.495 e. The lowest BCUT2D eigenvalue weighted by molar-refractivity contribution is -0.686. The maximum atomic E-state index is 12.2. The topological polar surface area (TPSA) is 54.9 Å². The first-order valence-electron chi connectivity index (χ1n) is 7.75. The van der Waals surface area contributed by atoms with Crippen molar-refractivity contribution in [1.29, 1.82) is 0 Å². The van der Waals surface area contributed by atoms with E-state index >= 15 is 0 Å². The highest BCUT2D eigenvalue weighted by Gasteiger charge is 2.16. The number of methoxy groups -OCH3 is 1. The minimum atomic E-state index is -0.0915. The van der Waals surface area contributed by atoms with Crippen molar-refractivity contribution >= 4 is 39.1 Å². The number of quaternary nitrogens is 1. The Hall–Kier alpha value is -1.56. The summed E-state index contributed by atoms with van der Waals surface area (Å²) in [4.78, 5) is 12.2. The fraction of sp³-hybridized carbons (Fsp3) is 0.278. The quantitative estimate of drug-likeness (QED) is 0.727. The molecule has 0 radical (unpaired) electrons. The van der Waals surface area contributed by atoms with E-state index in [2.05, 4.69) is 40.3 Å². The van der Waals surface area contributed by atoms with Gasteiger partial charge >= 0.3 is 0 Å². The van der Waals surface area contributed by atoms with E-state index in [1.165, 1.54) is 5.56 Å². The van der Waals surface area contributed by atoms with Crippen LogP contribution in [0.3, 0.4) is 0 Å². The second-order valence-corrected chi connectivity index (χ2v) is 6.75. The number of amides is 1. The van der Waals surface area contributed by atoms with Crippen molar-refractivity contribution in [3.05, 3.63) is 57.5 Å². The number of ether oxygens (including phenoxy) is 1. The molecule has 3 N–H and O–H groups in total. The van der Waals surface area contributed by atoms with Crippen molar-refractivity contribution < 1.29 is 14.8 Å². The van der Waals surface area contributed by atoms with E-state index in [1.54, 1.807) is 25.3 Å². The minimum Gasteiger partial charge on any atom is -0.495 e. The summed E-state index contributed by atoms with van der Waals surface area (Å²) in [5.74, 6) is 0.499. The lowest BCUT2D eigenvalue weighted by atomic mass is 10.0. The van der Waals surface area contributed by atoms with E-state index in [4.69, 9.17) is 16.3 Å². The molecule has 0 aliphatic carbocycles. The highest BCUT2D eigenvalue weighted by Crippen LogP contribution is 2.27. The van der Waals surface area contributed by atoms with Crippen LogP contribution in [-0.4, -0.2) is 19.6 Å². The van der Waals surface area contributed by atoms with E-state index < -0.39 is 0 Å². The molecule has 0 unspecified atom stereocenters. The first kappa shape index (κ1) is 18.8. The van der Waals surface area contributed by atoms with E-state index in [-0.39, 0.29) is 11.9 Å². The molecule has 128 valence electrons. The van der Waals surface area contributed by atoms with Crippen LogP contribution in [0, 0.1) is 0 Å². The van der Waals surface area contributed by atoms with Gasteiger partial charge in [-0.25, -0.2) is 0 Å². The summed E-state index contributed by atoms with van der Waals surface area (Å²) in [6.07, 6.45) is 0.940. The van der Waals surface area contributed by atoms with Gasteiger partial charge < -0.3 is 15.4 Å². The Morgan fingerprint density at radius 3 is 2.62 bits per heavy atom. The summed E-state index contributed by atoms with van der Waals surface area (Å²) in [5.41, 5.74) is 1.79. The van der Waals surface area contributed by atoms with Crippen molar-refractivity contribution in [2.24, 2.45) is 0 Å². The van der Waals surface area contributed by atoms with Gasteiger partial charge in [0.1, 0.15) is 11.8 Å². The number of carbonyl (C=O) groups is 1. The minimum absolute atomic E-state index is 0.0915. The van der Waals surface area contributed by atoms with E-state index in [1.807, 2.05) is 17.4 Å². The molecule has 2 aromatic rings. The van der Waals surface area contributed by atoms with Gasteiger partial charge in [0, 0.05) is 21.5 Å². The van der Waals surface area contributed by atoms with Gasteiger partial charge in [-0.2, -0.15) is 0 Å². The molecule has 0 saturated carbocycles. The maximum Gasteiger partial charge on any atom is 0.279 e. The molecule has 1 amide bonds. The normalized spacial score (nSPS) is 11.8. The number of halogens is 2. The van der Waals surface area contributed by atoms with Crippen molar-refractivity contribution in [2.45, 2.75) is 19.4 Å². The van der Waals surface area contributed by atoms with Crippen LogP contribution >= 0.6 is 27.5 Å². The van der Waals surface area contributed by atoms with Crippen LogP contribution in [0.25, 0.3) is 0 Å². The molecule has 24 heavy (non-hydrogen) atoms.